The fraction of sp³-hybridized carbons (Fsp3) is 0.0952. The van der Waals surface area contributed by atoms with Crippen LogP contribution < -0.4 is 5.01 Å². The standard InChI is InChI=1S/C21H17N3O/c1-15-20(21(25)24(23-15)19-9-3-2-4-10-19)14-22-18-12-11-16-7-5-6-8-17(16)13-18/h2-14,20H,1H3/t20-/m0/s1. The summed E-state index contributed by atoms with van der Waals surface area (Å²) >= 11 is 0. The SMILES string of the molecule is CC1=NN(c2ccccc2)C(=O)[C@H]1C=Nc1ccc2ccccc2c1. The van der Waals surface area contributed by atoms with Crippen molar-refractivity contribution < 1.29 is 4.79 Å². The Bertz CT molecular complexity index is 992. The van der Waals surface area contributed by atoms with E-state index in [1.54, 1.807) is 6.21 Å². The lowest BCUT2D eigenvalue weighted by molar-refractivity contribution is -0.118. The zero-order valence-electron chi connectivity index (χ0n) is 13.8. The van der Waals surface area contributed by atoms with Crippen molar-refractivity contribution in [3.63, 3.8) is 0 Å². The third kappa shape index (κ3) is 2.94. The molecule has 4 heteroatoms. The maximum absolute atomic E-state index is 12.7. The van der Waals surface area contributed by atoms with E-state index in [2.05, 4.69) is 22.2 Å². The molecule has 25 heavy (non-hydrogen) atoms. The molecule has 1 aliphatic rings. The number of hydrogen-bond acceptors (Lipinski definition) is 3. The summed E-state index contributed by atoms with van der Waals surface area (Å²) in [5, 5.41) is 8.15. The molecule has 3 aromatic carbocycles. The molecule has 0 saturated carbocycles. The molecule has 3 aromatic rings. The van der Waals surface area contributed by atoms with E-state index in [0.717, 1.165) is 22.5 Å². The normalized spacial score (nSPS) is 17.5. The fourth-order valence-corrected chi connectivity index (χ4v) is 2.92. The lowest BCUT2D eigenvalue weighted by Gasteiger charge is -2.12. The molecule has 0 unspecified atom stereocenters. The topological polar surface area (TPSA) is 45.0 Å². The minimum absolute atomic E-state index is 0.0757. The number of amides is 1. The molecule has 1 aliphatic heterocycles. The van der Waals surface area contributed by atoms with Crippen molar-refractivity contribution in [3.05, 3.63) is 72.8 Å². The summed E-state index contributed by atoms with van der Waals surface area (Å²) < 4.78 is 0. The van der Waals surface area contributed by atoms with Crippen LogP contribution in [-0.2, 0) is 4.79 Å². The van der Waals surface area contributed by atoms with Crippen LogP contribution in [0.15, 0.2) is 82.9 Å². The van der Waals surface area contributed by atoms with Gasteiger partial charge in [0.25, 0.3) is 5.91 Å². The van der Waals surface area contributed by atoms with Gasteiger partial charge < -0.3 is 0 Å². The molecule has 0 bridgehead atoms. The first-order valence-corrected chi connectivity index (χ1v) is 8.19. The molecule has 122 valence electrons. The number of hydrogen-bond donors (Lipinski definition) is 0. The number of hydrazone groups is 1. The van der Waals surface area contributed by atoms with Crippen molar-refractivity contribution in [1.82, 2.24) is 0 Å². The molecule has 0 fully saturated rings. The highest BCUT2D eigenvalue weighted by atomic mass is 16.2. The predicted octanol–water partition coefficient (Wildman–Crippen LogP) is 4.58. The highest BCUT2D eigenvalue weighted by molar-refractivity contribution is 6.23. The van der Waals surface area contributed by atoms with Crippen LogP contribution in [0.1, 0.15) is 6.92 Å². The molecule has 0 aromatic heterocycles. The number of rotatable bonds is 3. The van der Waals surface area contributed by atoms with Gasteiger partial charge in [-0.15, -0.1) is 0 Å². The first kappa shape index (κ1) is 15.3. The average molecular weight is 327 g/mol. The van der Waals surface area contributed by atoms with Crippen molar-refractivity contribution in [1.29, 1.82) is 0 Å². The van der Waals surface area contributed by atoms with Crippen LogP contribution >= 0.6 is 0 Å². The maximum Gasteiger partial charge on any atom is 0.261 e. The Labute approximate surface area is 146 Å². The molecular formula is C21H17N3O. The molecular weight excluding hydrogens is 310 g/mol. The molecule has 0 saturated heterocycles. The zero-order chi connectivity index (χ0) is 17.2. The Morgan fingerprint density at radius 1 is 0.960 bits per heavy atom. The summed E-state index contributed by atoms with van der Waals surface area (Å²) in [6.07, 6.45) is 1.69. The van der Waals surface area contributed by atoms with Gasteiger partial charge in [0.2, 0.25) is 0 Å². The van der Waals surface area contributed by atoms with Crippen molar-refractivity contribution in [2.24, 2.45) is 16.0 Å². The number of carbonyl (C=O) groups excluding carboxylic acids is 1. The van der Waals surface area contributed by atoms with Gasteiger partial charge in [-0.1, -0.05) is 48.5 Å². The lowest BCUT2D eigenvalue weighted by Crippen LogP contribution is -2.27. The van der Waals surface area contributed by atoms with Gasteiger partial charge in [0.15, 0.2) is 0 Å². The number of carbonyl (C=O) groups is 1. The maximum atomic E-state index is 12.7. The summed E-state index contributed by atoms with van der Waals surface area (Å²) in [5.41, 5.74) is 2.35. The Kier molecular flexibility index (Phi) is 3.86. The number of anilines is 1. The highest BCUT2D eigenvalue weighted by Crippen LogP contribution is 2.24. The fourth-order valence-electron chi connectivity index (χ4n) is 2.92. The van der Waals surface area contributed by atoms with Gasteiger partial charge in [-0.25, -0.2) is 0 Å². The second-order valence-electron chi connectivity index (χ2n) is 6.01. The Hall–Kier alpha value is -3.27. The molecule has 0 N–H and O–H groups in total. The minimum atomic E-state index is -0.424. The van der Waals surface area contributed by atoms with Gasteiger partial charge in [-0.05, 0) is 42.0 Å². The third-order valence-corrected chi connectivity index (χ3v) is 4.29. The predicted molar refractivity (Wildman–Crippen MR) is 103 cm³/mol. The van der Waals surface area contributed by atoms with Gasteiger partial charge in [0.05, 0.1) is 17.1 Å². The van der Waals surface area contributed by atoms with E-state index in [1.165, 1.54) is 10.4 Å². The van der Waals surface area contributed by atoms with E-state index < -0.39 is 5.92 Å². The minimum Gasteiger partial charge on any atom is -0.271 e. The van der Waals surface area contributed by atoms with Crippen molar-refractivity contribution in [2.75, 3.05) is 5.01 Å². The number of para-hydroxylation sites is 1. The average Bonchev–Trinajstić information content (AvgIpc) is 2.94. The first-order valence-electron chi connectivity index (χ1n) is 8.19. The third-order valence-electron chi connectivity index (χ3n) is 4.29. The number of nitrogens with zero attached hydrogens (tertiary/aromatic N) is 3. The van der Waals surface area contributed by atoms with E-state index in [0.29, 0.717) is 0 Å². The van der Waals surface area contributed by atoms with Crippen molar-refractivity contribution >= 4 is 40.0 Å². The molecule has 0 radical (unpaired) electrons. The molecule has 1 atom stereocenters. The summed E-state index contributed by atoms with van der Waals surface area (Å²) in [5.74, 6) is -0.500. The molecule has 0 aliphatic carbocycles. The van der Waals surface area contributed by atoms with E-state index in [9.17, 15) is 4.79 Å². The summed E-state index contributed by atoms with van der Waals surface area (Å²) in [7, 11) is 0. The van der Waals surface area contributed by atoms with Crippen LogP contribution in [0.5, 0.6) is 0 Å². The van der Waals surface area contributed by atoms with Gasteiger partial charge in [0.1, 0.15) is 5.92 Å². The molecule has 4 rings (SSSR count). The number of fused-ring (bicyclic) bond motifs is 1. The van der Waals surface area contributed by atoms with E-state index in [4.69, 9.17) is 0 Å². The zero-order valence-corrected chi connectivity index (χ0v) is 13.8. The summed E-state index contributed by atoms with van der Waals surface area (Å²) in [4.78, 5) is 17.2. The van der Waals surface area contributed by atoms with Gasteiger partial charge in [0, 0.05) is 6.21 Å². The van der Waals surface area contributed by atoms with Crippen molar-refractivity contribution in [2.45, 2.75) is 6.92 Å². The van der Waals surface area contributed by atoms with Crippen molar-refractivity contribution in [3.8, 4) is 0 Å². The van der Waals surface area contributed by atoms with Crippen LogP contribution in [0.3, 0.4) is 0 Å². The monoisotopic (exact) mass is 327 g/mol. The Balaban J connectivity index is 1.58. The van der Waals surface area contributed by atoms with Crippen LogP contribution in [-0.4, -0.2) is 17.8 Å². The van der Waals surface area contributed by atoms with Crippen LogP contribution in [0.2, 0.25) is 0 Å². The van der Waals surface area contributed by atoms with E-state index >= 15 is 0 Å². The van der Waals surface area contributed by atoms with Gasteiger partial charge in [-0.3, -0.25) is 9.79 Å². The number of aliphatic imine (C=N–C) groups is 1. The first-order chi connectivity index (χ1) is 12.2. The quantitative estimate of drug-likeness (QED) is 0.649. The second kappa shape index (κ2) is 6.32. The summed E-state index contributed by atoms with van der Waals surface area (Å²) in [6, 6.07) is 23.6. The molecule has 0 spiro atoms. The Morgan fingerprint density at radius 2 is 1.68 bits per heavy atom. The van der Waals surface area contributed by atoms with Crippen LogP contribution in [0, 0.1) is 5.92 Å². The van der Waals surface area contributed by atoms with Crippen LogP contribution in [0.25, 0.3) is 10.8 Å². The molecule has 1 amide bonds. The smallest absolute Gasteiger partial charge is 0.261 e. The van der Waals surface area contributed by atoms with E-state index in [-0.39, 0.29) is 5.91 Å². The van der Waals surface area contributed by atoms with Gasteiger partial charge >= 0.3 is 0 Å². The number of benzene rings is 3. The largest absolute Gasteiger partial charge is 0.271 e. The molecule has 4 nitrogen and oxygen atoms in total. The lowest BCUT2D eigenvalue weighted by atomic mass is 10.1. The second-order valence-corrected chi connectivity index (χ2v) is 6.01. The van der Waals surface area contributed by atoms with E-state index in [1.807, 2.05) is 67.6 Å². The molecule has 1 heterocycles. The summed E-state index contributed by atoms with van der Waals surface area (Å²) in [6.45, 7) is 1.86. The van der Waals surface area contributed by atoms with Gasteiger partial charge in [-0.2, -0.15) is 10.1 Å². The Morgan fingerprint density at radius 3 is 2.48 bits per heavy atom. The highest BCUT2D eigenvalue weighted by Gasteiger charge is 2.33. The van der Waals surface area contributed by atoms with Crippen LogP contribution in [0.4, 0.5) is 11.4 Å².